The van der Waals surface area contributed by atoms with E-state index in [-0.39, 0.29) is 16.9 Å². The second kappa shape index (κ2) is 10.1. The first kappa shape index (κ1) is 26.2. The third-order valence-corrected chi connectivity index (χ3v) is 10.7. The van der Waals surface area contributed by atoms with Crippen LogP contribution in [0.3, 0.4) is 0 Å². The number of piperidine rings is 1. The quantitative estimate of drug-likeness (QED) is 0.420. The maximum Gasteiger partial charge on any atom is 0.316 e. The highest BCUT2D eigenvalue weighted by Crippen LogP contribution is 2.43. The number of halogens is 1. The number of benzene rings is 2. The molecule has 218 valence electrons. The van der Waals surface area contributed by atoms with E-state index in [2.05, 4.69) is 21.0 Å². The van der Waals surface area contributed by atoms with E-state index in [0.717, 1.165) is 54.8 Å². The minimum atomic E-state index is -0.428. The summed E-state index contributed by atoms with van der Waals surface area (Å²) in [6.07, 6.45) is 16.0. The highest BCUT2D eigenvalue weighted by molar-refractivity contribution is 6.00. The van der Waals surface area contributed by atoms with Gasteiger partial charge in [-0.25, -0.2) is 4.39 Å². The average Bonchev–Trinajstić information content (AvgIpc) is 3.68. The smallest absolute Gasteiger partial charge is 0.316 e. The van der Waals surface area contributed by atoms with Crippen molar-refractivity contribution in [3.8, 4) is 24.1 Å². The van der Waals surface area contributed by atoms with Crippen LogP contribution in [0.5, 0.6) is 11.8 Å². The van der Waals surface area contributed by atoms with Crippen molar-refractivity contribution in [1.82, 2.24) is 20.2 Å². The van der Waals surface area contributed by atoms with E-state index in [1.54, 1.807) is 18.2 Å². The molecule has 2 N–H and O–H groups in total. The Morgan fingerprint density at radius 3 is 2.64 bits per heavy atom. The van der Waals surface area contributed by atoms with Gasteiger partial charge in [-0.2, -0.15) is 9.97 Å². The third-order valence-electron chi connectivity index (χ3n) is 10.7. The average molecular weight is 568 g/mol. The van der Waals surface area contributed by atoms with E-state index >= 15 is 0 Å². The Labute approximate surface area is 246 Å². The number of fused-ring (bicyclic) bond motifs is 5. The van der Waals surface area contributed by atoms with Gasteiger partial charge in [0.05, 0.1) is 29.0 Å². The lowest BCUT2D eigenvalue weighted by Gasteiger charge is -2.35. The summed E-state index contributed by atoms with van der Waals surface area (Å²) in [5, 5.41) is 15.8. The number of rotatable bonds is 5. The van der Waals surface area contributed by atoms with Gasteiger partial charge in [0, 0.05) is 41.7 Å². The van der Waals surface area contributed by atoms with Crippen molar-refractivity contribution in [2.75, 3.05) is 31.1 Å². The van der Waals surface area contributed by atoms with Gasteiger partial charge in [-0.1, -0.05) is 12.0 Å². The molecule has 2 aromatic carbocycles. The zero-order valence-corrected chi connectivity index (χ0v) is 24.0. The SMILES string of the molecule is C#Cc1c(F)ccc2cc(O)cc(N3CCc4c(nc(OCC56CCCN5CCC6)nc4C4C[C@H]5CC[C@@H](C4)N5)C3)c12. The molecule has 5 aliphatic rings. The van der Waals surface area contributed by atoms with E-state index in [4.69, 9.17) is 21.1 Å². The predicted octanol–water partition coefficient (Wildman–Crippen LogP) is 5.02. The lowest BCUT2D eigenvalue weighted by atomic mass is 9.85. The van der Waals surface area contributed by atoms with Crippen LogP contribution >= 0.6 is 0 Å². The number of ether oxygens (including phenoxy) is 1. The van der Waals surface area contributed by atoms with Crippen molar-refractivity contribution in [2.45, 2.75) is 87.9 Å². The Morgan fingerprint density at radius 1 is 1.10 bits per heavy atom. The molecule has 1 unspecified atom stereocenters. The fourth-order valence-electron chi connectivity index (χ4n) is 8.78. The Hall–Kier alpha value is -3.41. The van der Waals surface area contributed by atoms with Crippen LogP contribution < -0.4 is 15.0 Å². The van der Waals surface area contributed by atoms with Crippen LogP contribution in [0.25, 0.3) is 10.8 Å². The molecule has 3 aromatic rings. The second-order valence-electron chi connectivity index (χ2n) is 13.1. The van der Waals surface area contributed by atoms with Crippen LogP contribution in [0.15, 0.2) is 24.3 Å². The predicted molar refractivity (Wildman–Crippen MR) is 160 cm³/mol. The molecule has 6 heterocycles. The number of terminal acetylenes is 1. The number of phenolic OH excluding ortho intramolecular Hbond substituents is 1. The monoisotopic (exact) mass is 567 g/mol. The summed E-state index contributed by atoms with van der Waals surface area (Å²) < 4.78 is 21.4. The lowest BCUT2D eigenvalue weighted by Crippen LogP contribution is -2.43. The summed E-state index contributed by atoms with van der Waals surface area (Å²) in [5.74, 6) is 2.65. The first-order valence-corrected chi connectivity index (χ1v) is 15.7. The summed E-state index contributed by atoms with van der Waals surface area (Å²) in [6.45, 7) is 4.18. The van der Waals surface area contributed by atoms with Crippen molar-refractivity contribution in [2.24, 2.45) is 0 Å². The summed E-state index contributed by atoms with van der Waals surface area (Å²) in [7, 11) is 0. The molecule has 8 heteroatoms. The van der Waals surface area contributed by atoms with Crippen LogP contribution in [0.2, 0.25) is 0 Å². The zero-order chi connectivity index (χ0) is 28.4. The van der Waals surface area contributed by atoms with E-state index in [9.17, 15) is 9.50 Å². The molecule has 7 nitrogen and oxygen atoms in total. The van der Waals surface area contributed by atoms with Crippen LogP contribution in [-0.2, 0) is 13.0 Å². The normalized spacial score (nSPS) is 26.3. The molecule has 4 saturated heterocycles. The molecule has 0 aliphatic carbocycles. The molecule has 8 rings (SSSR count). The van der Waals surface area contributed by atoms with Gasteiger partial charge in [-0.15, -0.1) is 6.42 Å². The molecule has 0 radical (unpaired) electrons. The van der Waals surface area contributed by atoms with Crippen LogP contribution in [0, 0.1) is 18.2 Å². The highest BCUT2D eigenvalue weighted by Gasteiger charge is 2.45. The maximum atomic E-state index is 14.8. The Balaban J connectivity index is 1.17. The maximum absolute atomic E-state index is 14.8. The van der Waals surface area contributed by atoms with Gasteiger partial charge in [0.15, 0.2) is 0 Å². The fraction of sp³-hybridized carbons (Fsp3) is 0.529. The molecule has 1 aromatic heterocycles. The number of hydrogen-bond donors (Lipinski definition) is 2. The molecule has 0 amide bonds. The van der Waals surface area contributed by atoms with Gasteiger partial charge in [-0.3, -0.25) is 4.90 Å². The minimum Gasteiger partial charge on any atom is -0.508 e. The first-order chi connectivity index (χ1) is 20.5. The number of aromatic hydroxyl groups is 1. The molecule has 0 spiro atoms. The number of nitrogens with zero attached hydrogens (tertiary/aromatic N) is 4. The van der Waals surface area contributed by atoms with Crippen molar-refractivity contribution in [1.29, 1.82) is 0 Å². The van der Waals surface area contributed by atoms with Gasteiger partial charge >= 0.3 is 6.01 Å². The first-order valence-electron chi connectivity index (χ1n) is 15.7. The standard InChI is InChI=1S/C34H38FN5O2/c1-2-26-28(35)8-5-21-17-25(41)18-30(31(21)26)39-14-9-27-29(19-39)37-33(42-20-34-10-3-12-40(34)13-4-11-34)38-32(27)22-15-23-6-7-24(16-22)36-23/h1,5,8,17-18,22-24,36,41H,3-4,6-7,9-16,19-20H2/t22?,23-,24+. The molecule has 5 aliphatic heterocycles. The van der Waals surface area contributed by atoms with Gasteiger partial charge < -0.3 is 20.1 Å². The van der Waals surface area contributed by atoms with Crippen molar-refractivity contribution in [3.63, 3.8) is 0 Å². The molecule has 3 atom stereocenters. The summed E-state index contributed by atoms with van der Waals surface area (Å²) >= 11 is 0. The van der Waals surface area contributed by atoms with Gasteiger partial charge in [0.25, 0.3) is 0 Å². The minimum absolute atomic E-state index is 0.121. The number of hydrogen-bond acceptors (Lipinski definition) is 7. The summed E-state index contributed by atoms with van der Waals surface area (Å²) in [5.41, 5.74) is 4.44. The van der Waals surface area contributed by atoms with Crippen LogP contribution in [-0.4, -0.2) is 63.8 Å². The number of phenols is 1. The van der Waals surface area contributed by atoms with Gasteiger partial charge in [-0.05, 0) is 94.0 Å². The van der Waals surface area contributed by atoms with Gasteiger partial charge in [0.2, 0.25) is 0 Å². The highest BCUT2D eigenvalue weighted by atomic mass is 19.1. The largest absolute Gasteiger partial charge is 0.508 e. The number of nitrogens with one attached hydrogen (secondary N) is 1. The molecular formula is C34H38FN5O2. The Morgan fingerprint density at radius 2 is 1.88 bits per heavy atom. The van der Waals surface area contributed by atoms with Crippen LogP contribution in [0.4, 0.5) is 10.1 Å². The van der Waals surface area contributed by atoms with E-state index < -0.39 is 5.82 Å². The summed E-state index contributed by atoms with van der Waals surface area (Å²) in [4.78, 5) is 15.0. The topological polar surface area (TPSA) is 73.8 Å². The Bertz CT molecular complexity index is 1580. The van der Waals surface area contributed by atoms with E-state index in [0.29, 0.717) is 49.1 Å². The molecule has 4 fully saturated rings. The summed E-state index contributed by atoms with van der Waals surface area (Å²) in [6, 6.07) is 8.00. The number of aromatic nitrogens is 2. The molecule has 2 bridgehead atoms. The zero-order valence-electron chi connectivity index (χ0n) is 24.0. The number of anilines is 1. The van der Waals surface area contributed by atoms with E-state index in [1.807, 2.05) is 0 Å². The van der Waals surface area contributed by atoms with Crippen molar-refractivity contribution in [3.05, 3.63) is 52.6 Å². The lowest BCUT2D eigenvalue weighted by molar-refractivity contribution is 0.107. The van der Waals surface area contributed by atoms with Gasteiger partial charge in [0.1, 0.15) is 18.2 Å². The molecule has 42 heavy (non-hydrogen) atoms. The fourth-order valence-corrected chi connectivity index (χ4v) is 8.78. The molecular weight excluding hydrogens is 529 g/mol. The molecule has 0 saturated carbocycles. The Kier molecular flexibility index (Phi) is 6.31. The van der Waals surface area contributed by atoms with Crippen molar-refractivity contribution < 1.29 is 14.2 Å². The van der Waals surface area contributed by atoms with Crippen LogP contribution in [0.1, 0.15) is 79.8 Å². The second-order valence-corrected chi connectivity index (χ2v) is 13.1. The third kappa shape index (κ3) is 4.32. The van der Waals surface area contributed by atoms with E-state index in [1.165, 1.54) is 50.2 Å². The van der Waals surface area contributed by atoms with Crippen molar-refractivity contribution >= 4 is 16.5 Å².